The maximum Gasteiger partial charge on any atom is 0.0998 e. The second-order valence-electron chi connectivity index (χ2n) is 3.35. The summed E-state index contributed by atoms with van der Waals surface area (Å²) in [5.74, 6) is 2.62. The van der Waals surface area contributed by atoms with Crippen LogP contribution in [0.5, 0.6) is 0 Å². The smallest absolute Gasteiger partial charge is 0.0998 e. The van der Waals surface area contributed by atoms with E-state index in [1.54, 1.807) is 12.1 Å². The predicted molar refractivity (Wildman–Crippen MR) is 64.5 cm³/mol. The topological polar surface area (TPSA) is 23.8 Å². The van der Waals surface area contributed by atoms with Gasteiger partial charge in [0.2, 0.25) is 0 Å². The van der Waals surface area contributed by atoms with Crippen molar-refractivity contribution in [2.45, 2.75) is 0 Å². The molecular weight excluding hydrogens is 194 g/mol. The van der Waals surface area contributed by atoms with Crippen LogP contribution in [0.4, 0.5) is 0 Å². The molecule has 0 aromatic heterocycles. The van der Waals surface area contributed by atoms with Gasteiger partial charge in [0.15, 0.2) is 0 Å². The van der Waals surface area contributed by atoms with E-state index in [2.05, 4.69) is 12.0 Å². The van der Waals surface area contributed by atoms with E-state index in [1.807, 2.05) is 36.4 Å². The minimum Gasteiger partial charge on any atom is -0.192 e. The van der Waals surface area contributed by atoms with Crippen LogP contribution in [0.3, 0.4) is 0 Å². The van der Waals surface area contributed by atoms with Crippen LogP contribution in [0.1, 0.15) is 11.1 Å². The molecule has 0 N–H and O–H groups in total. The van der Waals surface area contributed by atoms with Crippen LogP contribution < -0.4 is 0 Å². The summed E-state index contributed by atoms with van der Waals surface area (Å²) in [6.45, 7) is 0. The Balaban J connectivity index is 2.74. The summed E-state index contributed by atoms with van der Waals surface area (Å²) in [7, 11) is 0. The Morgan fingerprint density at radius 3 is 2.19 bits per heavy atom. The zero-order valence-electron chi connectivity index (χ0n) is 8.64. The van der Waals surface area contributed by atoms with Crippen LogP contribution in [-0.2, 0) is 0 Å². The normalized spacial score (nSPS) is 9.12. The third-order valence-electron chi connectivity index (χ3n) is 2.40. The SMILES string of the molecule is C#Cc1cccc(C#N)c1-c1ccccc1. The van der Waals surface area contributed by atoms with Gasteiger partial charge in [-0.05, 0) is 17.7 Å². The molecule has 0 atom stereocenters. The van der Waals surface area contributed by atoms with Crippen molar-refractivity contribution in [3.63, 3.8) is 0 Å². The van der Waals surface area contributed by atoms with Gasteiger partial charge in [0.25, 0.3) is 0 Å². The summed E-state index contributed by atoms with van der Waals surface area (Å²) >= 11 is 0. The third kappa shape index (κ3) is 1.67. The lowest BCUT2D eigenvalue weighted by molar-refractivity contribution is 1.47. The van der Waals surface area contributed by atoms with Gasteiger partial charge in [-0.3, -0.25) is 0 Å². The second kappa shape index (κ2) is 4.34. The molecule has 0 bridgehead atoms. The van der Waals surface area contributed by atoms with E-state index in [1.165, 1.54) is 0 Å². The van der Waals surface area contributed by atoms with Gasteiger partial charge in [-0.15, -0.1) is 6.42 Å². The molecule has 2 aromatic carbocycles. The molecule has 0 fully saturated rings. The van der Waals surface area contributed by atoms with Crippen LogP contribution in [-0.4, -0.2) is 0 Å². The Kier molecular flexibility index (Phi) is 2.72. The summed E-state index contributed by atoms with van der Waals surface area (Å²) in [4.78, 5) is 0. The fourth-order valence-electron chi connectivity index (χ4n) is 1.68. The Bertz CT molecular complexity index is 551. The van der Waals surface area contributed by atoms with Crippen LogP contribution in [0.25, 0.3) is 11.1 Å². The molecule has 2 rings (SSSR count). The van der Waals surface area contributed by atoms with Crippen LogP contribution >= 0.6 is 0 Å². The first-order valence-electron chi connectivity index (χ1n) is 4.92. The quantitative estimate of drug-likeness (QED) is 0.653. The number of benzene rings is 2. The van der Waals surface area contributed by atoms with E-state index in [0.717, 1.165) is 16.7 Å². The van der Waals surface area contributed by atoms with Gasteiger partial charge in [0, 0.05) is 11.1 Å². The van der Waals surface area contributed by atoms with Gasteiger partial charge in [-0.2, -0.15) is 5.26 Å². The molecule has 0 saturated carbocycles. The average Bonchev–Trinajstić information content (AvgIpc) is 2.38. The van der Waals surface area contributed by atoms with E-state index >= 15 is 0 Å². The molecule has 0 aliphatic rings. The predicted octanol–water partition coefficient (Wildman–Crippen LogP) is 3.21. The molecule has 0 aliphatic heterocycles. The highest BCUT2D eigenvalue weighted by Gasteiger charge is 2.08. The van der Waals surface area contributed by atoms with Crippen molar-refractivity contribution in [2.75, 3.05) is 0 Å². The molecule has 1 heteroatoms. The van der Waals surface area contributed by atoms with Crippen molar-refractivity contribution in [2.24, 2.45) is 0 Å². The van der Waals surface area contributed by atoms with Crippen molar-refractivity contribution >= 4 is 0 Å². The Morgan fingerprint density at radius 2 is 1.56 bits per heavy atom. The number of rotatable bonds is 1. The fraction of sp³-hybridized carbons (Fsp3) is 0. The van der Waals surface area contributed by atoms with Crippen molar-refractivity contribution in [3.8, 4) is 29.5 Å². The van der Waals surface area contributed by atoms with E-state index in [9.17, 15) is 0 Å². The lowest BCUT2D eigenvalue weighted by Gasteiger charge is -2.06. The molecule has 1 nitrogen and oxygen atoms in total. The molecule has 16 heavy (non-hydrogen) atoms. The minimum absolute atomic E-state index is 0.613. The number of nitrogens with zero attached hydrogens (tertiary/aromatic N) is 1. The van der Waals surface area contributed by atoms with E-state index < -0.39 is 0 Å². The molecule has 0 amide bonds. The first-order valence-corrected chi connectivity index (χ1v) is 4.92. The van der Waals surface area contributed by atoms with Crippen LogP contribution in [0.2, 0.25) is 0 Å². The van der Waals surface area contributed by atoms with E-state index in [0.29, 0.717) is 5.56 Å². The highest BCUT2D eigenvalue weighted by molar-refractivity contribution is 5.76. The number of nitriles is 1. The van der Waals surface area contributed by atoms with Gasteiger partial charge >= 0.3 is 0 Å². The molecular formula is C15H9N. The molecule has 2 aromatic rings. The molecule has 0 aliphatic carbocycles. The first-order chi connectivity index (χ1) is 7.86. The molecule has 0 spiro atoms. The van der Waals surface area contributed by atoms with Crippen LogP contribution in [0, 0.1) is 23.7 Å². The number of hydrogen-bond donors (Lipinski definition) is 0. The Labute approximate surface area is 95.0 Å². The van der Waals surface area contributed by atoms with Crippen molar-refractivity contribution in [3.05, 3.63) is 59.7 Å². The summed E-state index contributed by atoms with van der Waals surface area (Å²) in [5, 5.41) is 9.08. The highest BCUT2D eigenvalue weighted by atomic mass is 14.2. The maximum atomic E-state index is 9.08. The fourth-order valence-corrected chi connectivity index (χ4v) is 1.68. The number of terminal acetylenes is 1. The maximum absolute atomic E-state index is 9.08. The zero-order valence-corrected chi connectivity index (χ0v) is 8.64. The molecule has 0 radical (unpaired) electrons. The minimum atomic E-state index is 0.613. The summed E-state index contributed by atoms with van der Waals surface area (Å²) in [5.41, 5.74) is 3.19. The van der Waals surface area contributed by atoms with Gasteiger partial charge in [-0.25, -0.2) is 0 Å². The van der Waals surface area contributed by atoms with Gasteiger partial charge in [-0.1, -0.05) is 42.3 Å². The monoisotopic (exact) mass is 203 g/mol. The summed E-state index contributed by atoms with van der Waals surface area (Å²) in [6, 6.07) is 17.3. The Hall–Kier alpha value is -2.51. The largest absolute Gasteiger partial charge is 0.192 e. The zero-order chi connectivity index (χ0) is 11.4. The average molecular weight is 203 g/mol. The summed E-state index contributed by atoms with van der Waals surface area (Å²) < 4.78 is 0. The lowest BCUT2D eigenvalue weighted by atomic mass is 9.95. The molecule has 0 heterocycles. The number of hydrogen-bond acceptors (Lipinski definition) is 1. The lowest BCUT2D eigenvalue weighted by Crippen LogP contribution is -1.88. The summed E-state index contributed by atoms with van der Waals surface area (Å²) in [6.07, 6.45) is 5.45. The molecule has 0 unspecified atom stereocenters. The second-order valence-corrected chi connectivity index (χ2v) is 3.35. The Morgan fingerprint density at radius 1 is 0.875 bits per heavy atom. The van der Waals surface area contributed by atoms with Crippen LogP contribution in [0.15, 0.2) is 48.5 Å². The highest BCUT2D eigenvalue weighted by Crippen LogP contribution is 2.26. The van der Waals surface area contributed by atoms with Crippen molar-refractivity contribution in [1.29, 1.82) is 5.26 Å². The van der Waals surface area contributed by atoms with Gasteiger partial charge in [0.05, 0.1) is 11.6 Å². The molecule has 74 valence electrons. The van der Waals surface area contributed by atoms with Gasteiger partial charge in [0.1, 0.15) is 0 Å². The first kappa shape index (κ1) is 10.0. The van der Waals surface area contributed by atoms with Crippen molar-refractivity contribution in [1.82, 2.24) is 0 Å². The standard InChI is InChI=1S/C15H9N/c1-2-12-9-6-10-14(11-16)15(12)13-7-4-3-5-8-13/h1,3-10H. The van der Waals surface area contributed by atoms with Crippen molar-refractivity contribution < 1.29 is 0 Å². The van der Waals surface area contributed by atoms with Gasteiger partial charge < -0.3 is 0 Å². The third-order valence-corrected chi connectivity index (χ3v) is 2.40. The molecule has 0 saturated heterocycles. The van der Waals surface area contributed by atoms with E-state index in [-0.39, 0.29) is 0 Å². The van der Waals surface area contributed by atoms with E-state index in [4.69, 9.17) is 11.7 Å².